The van der Waals surface area contributed by atoms with Gasteiger partial charge in [-0.25, -0.2) is 9.13 Å². The van der Waals surface area contributed by atoms with Crippen LogP contribution in [0.2, 0.25) is 0 Å². The minimum absolute atomic E-state index is 0.0658. The van der Waals surface area contributed by atoms with Gasteiger partial charge in [-0.2, -0.15) is 0 Å². The molecule has 0 spiro atoms. The van der Waals surface area contributed by atoms with Gasteiger partial charge in [-0.3, -0.25) is 0 Å². The molecule has 0 amide bonds. The summed E-state index contributed by atoms with van der Waals surface area (Å²) in [6.45, 7) is 2.46. The number of hydrogen-bond donors (Lipinski definition) is 2. The summed E-state index contributed by atoms with van der Waals surface area (Å²) in [7, 11) is -7.89. The van der Waals surface area contributed by atoms with Crippen molar-refractivity contribution in [1.82, 2.24) is 0 Å². The summed E-state index contributed by atoms with van der Waals surface area (Å²) in [4.78, 5) is 21.2. The SMILES string of the molecule is CP(=O)(O)Oc1c2c(c(OP(C)(=O)O)c3c1[C@H]1C[C@@H]3c3cc4ccccc4cc31)[C@H]1C[C@@H]2c2cc3ccccc3cc21. The zero-order valence-electron chi connectivity index (χ0n) is 23.1. The molecule has 9 rings (SSSR count). The molecule has 4 aliphatic carbocycles. The van der Waals surface area contributed by atoms with E-state index in [2.05, 4.69) is 48.5 Å². The largest absolute Gasteiger partial charge is 0.424 e. The summed E-state index contributed by atoms with van der Waals surface area (Å²) in [6.07, 6.45) is 1.53. The van der Waals surface area contributed by atoms with Gasteiger partial charge in [-0.05, 0) is 56.6 Å². The van der Waals surface area contributed by atoms with Crippen molar-refractivity contribution in [3.8, 4) is 11.5 Å². The van der Waals surface area contributed by atoms with Gasteiger partial charge >= 0.3 is 15.2 Å². The summed E-state index contributed by atoms with van der Waals surface area (Å²) < 4.78 is 38.2. The number of rotatable bonds is 4. The third-order valence-corrected chi connectivity index (χ3v) is 10.9. The quantitative estimate of drug-likeness (QED) is 0.203. The van der Waals surface area contributed by atoms with Crippen molar-refractivity contribution in [2.45, 2.75) is 36.5 Å². The van der Waals surface area contributed by atoms with Crippen molar-refractivity contribution in [3.05, 3.63) is 117 Å². The maximum atomic E-state index is 13.0. The normalized spacial score (nSPS) is 25.0. The third-order valence-electron chi connectivity index (χ3n) is 9.82. The van der Waals surface area contributed by atoms with E-state index in [1.807, 2.05) is 24.3 Å². The predicted octanol–water partition coefficient (Wildman–Crippen LogP) is 8.34. The Labute approximate surface area is 243 Å². The molecule has 6 nitrogen and oxygen atoms in total. The first-order chi connectivity index (χ1) is 20.1. The lowest BCUT2D eigenvalue weighted by Gasteiger charge is -2.32. The molecule has 4 aliphatic rings. The lowest BCUT2D eigenvalue weighted by atomic mass is 9.77. The number of hydrogen-bond acceptors (Lipinski definition) is 4. The Morgan fingerprint density at radius 2 is 0.810 bits per heavy atom. The van der Waals surface area contributed by atoms with Crippen molar-refractivity contribution < 1.29 is 28.0 Å². The van der Waals surface area contributed by atoms with E-state index in [0.29, 0.717) is 11.5 Å². The van der Waals surface area contributed by atoms with Crippen LogP contribution in [-0.2, 0) is 9.13 Å². The monoisotopic (exact) mass is 594 g/mol. The zero-order valence-corrected chi connectivity index (χ0v) is 24.9. The van der Waals surface area contributed by atoms with E-state index in [-0.39, 0.29) is 23.7 Å². The van der Waals surface area contributed by atoms with Crippen LogP contribution in [0.1, 0.15) is 81.0 Å². The van der Waals surface area contributed by atoms with E-state index in [1.165, 1.54) is 35.6 Å². The van der Waals surface area contributed by atoms with Crippen LogP contribution in [0.3, 0.4) is 0 Å². The van der Waals surface area contributed by atoms with E-state index in [4.69, 9.17) is 9.05 Å². The molecule has 4 bridgehead atoms. The summed E-state index contributed by atoms with van der Waals surface area (Å²) in [6, 6.07) is 25.4. The predicted molar refractivity (Wildman–Crippen MR) is 164 cm³/mol. The first kappa shape index (κ1) is 25.1. The van der Waals surface area contributed by atoms with Crippen molar-refractivity contribution >= 4 is 36.7 Å². The highest BCUT2D eigenvalue weighted by atomic mass is 31.2. The maximum absolute atomic E-state index is 13.0. The lowest BCUT2D eigenvalue weighted by molar-refractivity contribution is 0.376. The summed E-state index contributed by atoms with van der Waals surface area (Å²) in [5.74, 6) is 0.685. The molecule has 2 unspecified atom stereocenters. The standard InChI is InChI=1S/C34H28O6P2/c1-41(35,36)39-33-29-25-15-27(23-13-19-9-5-3-7-17(19)11-21(23)25)31(29)34(40-42(2,37)38)32-28-16-26(30(32)33)22-12-18-8-4-6-10-20(18)14-24(22)28/h3-14,25-28H,15-16H2,1-2H3,(H,35,36)(H,37,38)/t25-,26+,27+,28-. The molecule has 0 aromatic heterocycles. The van der Waals surface area contributed by atoms with E-state index in [9.17, 15) is 18.9 Å². The smallest absolute Gasteiger partial charge is 0.373 e. The van der Waals surface area contributed by atoms with Gasteiger partial charge in [0.1, 0.15) is 11.5 Å². The van der Waals surface area contributed by atoms with Gasteiger partial charge in [0.05, 0.1) is 0 Å². The molecule has 6 atom stereocenters. The second-order valence-electron chi connectivity index (χ2n) is 12.4. The average molecular weight is 595 g/mol. The van der Waals surface area contributed by atoms with Gasteiger partial charge in [0.15, 0.2) is 0 Å². The van der Waals surface area contributed by atoms with Crippen molar-refractivity contribution in [1.29, 1.82) is 0 Å². The fourth-order valence-electron chi connectivity index (χ4n) is 8.53. The van der Waals surface area contributed by atoms with Crippen LogP contribution in [0.4, 0.5) is 0 Å². The van der Waals surface area contributed by atoms with Crippen molar-refractivity contribution in [3.63, 3.8) is 0 Å². The van der Waals surface area contributed by atoms with Crippen LogP contribution in [0.25, 0.3) is 21.5 Å². The molecule has 2 N–H and O–H groups in total. The van der Waals surface area contributed by atoms with E-state index in [1.54, 1.807) is 0 Å². The third kappa shape index (κ3) is 3.41. The van der Waals surface area contributed by atoms with E-state index < -0.39 is 15.2 Å². The first-order valence-electron chi connectivity index (χ1n) is 14.3. The summed E-state index contributed by atoms with van der Waals surface area (Å²) in [5.41, 5.74) is 8.11. The molecular weight excluding hydrogens is 566 g/mol. The van der Waals surface area contributed by atoms with Crippen LogP contribution in [0, 0.1) is 0 Å². The second kappa shape index (κ2) is 8.15. The fraction of sp³-hybridized carbons (Fsp3) is 0.235. The highest BCUT2D eigenvalue weighted by molar-refractivity contribution is 7.52. The zero-order chi connectivity index (χ0) is 28.7. The fourth-order valence-corrected chi connectivity index (χ4v) is 9.60. The average Bonchev–Trinajstić information content (AvgIpc) is 3.69. The minimum Gasteiger partial charge on any atom is -0.424 e. The highest BCUT2D eigenvalue weighted by Gasteiger charge is 2.54. The summed E-state index contributed by atoms with van der Waals surface area (Å²) in [5, 5.41) is 4.56. The van der Waals surface area contributed by atoms with Gasteiger partial charge in [-0.15, -0.1) is 0 Å². The Bertz CT molecular complexity index is 1870. The molecule has 42 heavy (non-hydrogen) atoms. The second-order valence-corrected chi connectivity index (χ2v) is 16.0. The van der Waals surface area contributed by atoms with Crippen LogP contribution in [0.5, 0.6) is 11.5 Å². The molecule has 0 saturated carbocycles. The molecule has 0 fully saturated rings. The van der Waals surface area contributed by atoms with Crippen molar-refractivity contribution in [2.75, 3.05) is 13.3 Å². The first-order valence-corrected chi connectivity index (χ1v) is 18.4. The van der Waals surface area contributed by atoms with Gasteiger partial charge in [-0.1, -0.05) is 72.8 Å². The molecule has 210 valence electrons. The topological polar surface area (TPSA) is 93.1 Å². The van der Waals surface area contributed by atoms with Crippen LogP contribution in [0.15, 0.2) is 72.8 Å². The van der Waals surface area contributed by atoms with Gasteiger partial charge in [0.2, 0.25) is 0 Å². The van der Waals surface area contributed by atoms with Gasteiger partial charge in [0, 0.05) is 59.3 Å². The molecule has 0 aliphatic heterocycles. The minimum atomic E-state index is -3.94. The Kier molecular flexibility index (Phi) is 4.88. The Balaban J connectivity index is 1.36. The molecular formula is C34H28O6P2. The number of benzene rings is 5. The molecule has 0 saturated heterocycles. The van der Waals surface area contributed by atoms with E-state index >= 15 is 0 Å². The van der Waals surface area contributed by atoms with E-state index in [0.717, 1.165) is 56.6 Å². The van der Waals surface area contributed by atoms with Crippen LogP contribution < -0.4 is 9.05 Å². The van der Waals surface area contributed by atoms with Gasteiger partial charge in [0.25, 0.3) is 0 Å². The van der Waals surface area contributed by atoms with Crippen molar-refractivity contribution in [2.24, 2.45) is 0 Å². The lowest BCUT2D eigenvalue weighted by Crippen LogP contribution is -2.15. The van der Waals surface area contributed by atoms with Crippen LogP contribution >= 0.6 is 15.2 Å². The molecule has 8 heteroatoms. The molecule has 0 radical (unpaired) electrons. The Morgan fingerprint density at radius 3 is 1.05 bits per heavy atom. The maximum Gasteiger partial charge on any atom is 0.373 e. The van der Waals surface area contributed by atoms with Crippen LogP contribution in [-0.4, -0.2) is 23.1 Å². The molecule has 5 aromatic rings. The Hall–Kier alpha value is -3.40. The summed E-state index contributed by atoms with van der Waals surface area (Å²) >= 11 is 0. The van der Waals surface area contributed by atoms with Gasteiger partial charge < -0.3 is 18.8 Å². The number of fused-ring (bicyclic) bond motifs is 18. The Morgan fingerprint density at radius 1 is 0.548 bits per heavy atom. The highest BCUT2D eigenvalue weighted by Crippen LogP contribution is 2.71. The molecule has 5 aromatic carbocycles. The molecule has 0 heterocycles.